The molecule has 5 N–H and O–H groups in total. The van der Waals surface area contributed by atoms with E-state index >= 15 is 0 Å². The fraction of sp³-hybridized carbons (Fsp3) is 0.600. The van der Waals surface area contributed by atoms with Gasteiger partial charge in [0.05, 0.1) is 6.61 Å². The Hall–Kier alpha value is -1.40. The zero-order valence-corrected chi connectivity index (χ0v) is 9.32. The van der Waals surface area contributed by atoms with E-state index in [9.17, 15) is 0 Å². The number of aliphatic hydroxyl groups excluding tert-OH is 1. The number of nitrogens with two attached hydrogens (primary N) is 1. The normalized spacial score (nSPS) is 14.9. The third kappa shape index (κ3) is 2.23. The van der Waals surface area contributed by atoms with Gasteiger partial charge in [-0.1, -0.05) is 0 Å². The molecular weight excluding hydrogens is 206 g/mol. The maximum Gasteiger partial charge on any atom is 0.148 e. The standard InChI is InChI=1S/C10H17N5O/c1-6-8(12-4-5-16)13-10(7-2-3-7)14-9(6)15-11/h7,16H,2-5,11H2,1H3,(H2,12,13,14,15). The van der Waals surface area contributed by atoms with Crippen molar-refractivity contribution in [3.8, 4) is 0 Å². The van der Waals surface area contributed by atoms with Crippen molar-refractivity contribution in [2.75, 3.05) is 23.9 Å². The van der Waals surface area contributed by atoms with E-state index in [1.165, 1.54) is 0 Å². The Morgan fingerprint density at radius 2 is 2.06 bits per heavy atom. The van der Waals surface area contributed by atoms with Crippen LogP contribution in [-0.2, 0) is 0 Å². The average Bonchev–Trinajstić information content (AvgIpc) is 3.11. The van der Waals surface area contributed by atoms with Crippen LogP contribution in [0.2, 0.25) is 0 Å². The van der Waals surface area contributed by atoms with Crippen LogP contribution in [0.5, 0.6) is 0 Å². The summed E-state index contributed by atoms with van der Waals surface area (Å²) in [6, 6.07) is 0. The molecule has 0 spiro atoms. The molecule has 0 bridgehead atoms. The first-order valence-electron chi connectivity index (χ1n) is 5.46. The minimum absolute atomic E-state index is 0.0770. The van der Waals surface area contributed by atoms with Gasteiger partial charge in [-0.15, -0.1) is 0 Å². The number of aliphatic hydroxyl groups is 1. The zero-order chi connectivity index (χ0) is 11.5. The van der Waals surface area contributed by atoms with Crippen LogP contribution in [0.15, 0.2) is 0 Å². The predicted octanol–water partition coefficient (Wildman–Crippen LogP) is 0.352. The lowest BCUT2D eigenvalue weighted by molar-refractivity contribution is 0.311. The largest absolute Gasteiger partial charge is 0.395 e. The van der Waals surface area contributed by atoms with Crippen LogP contribution in [0.1, 0.15) is 30.1 Å². The summed E-state index contributed by atoms with van der Waals surface area (Å²) in [7, 11) is 0. The summed E-state index contributed by atoms with van der Waals surface area (Å²) in [4.78, 5) is 8.82. The third-order valence-corrected chi connectivity index (χ3v) is 2.65. The average molecular weight is 223 g/mol. The van der Waals surface area contributed by atoms with Gasteiger partial charge in [0.25, 0.3) is 0 Å². The van der Waals surface area contributed by atoms with Crippen LogP contribution >= 0.6 is 0 Å². The second kappa shape index (κ2) is 4.63. The Kier molecular flexibility index (Phi) is 3.21. The topological polar surface area (TPSA) is 96.1 Å². The number of anilines is 2. The fourth-order valence-electron chi connectivity index (χ4n) is 1.55. The summed E-state index contributed by atoms with van der Waals surface area (Å²) in [6.07, 6.45) is 2.29. The molecule has 1 heterocycles. The summed E-state index contributed by atoms with van der Waals surface area (Å²) in [5, 5.41) is 11.9. The first-order chi connectivity index (χ1) is 7.76. The second-order valence-corrected chi connectivity index (χ2v) is 3.97. The van der Waals surface area contributed by atoms with E-state index in [0.717, 1.165) is 30.0 Å². The van der Waals surface area contributed by atoms with Crippen molar-refractivity contribution >= 4 is 11.6 Å². The molecule has 2 rings (SSSR count). The lowest BCUT2D eigenvalue weighted by Crippen LogP contribution is -2.16. The van der Waals surface area contributed by atoms with Crippen LogP contribution in [-0.4, -0.2) is 28.2 Å². The van der Waals surface area contributed by atoms with Gasteiger partial charge in [-0.3, -0.25) is 0 Å². The van der Waals surface area contributed by atoms with Crippen molar-refractivity contribution in [3.05, 3.63) is 11.4 Å². The lowest BCUT2D eigenvalue weighted by atomic mass is 10.3. The molecule has 1 aliphatic carbocycles. The number of hydrazine groups is 1. The molecule has 0 unspecified atom stereocenters. The summed E-state index contributed by atoms with van der Waals surface area (Å²) in [6.45, 7) is 2.45. The lowest BCUT2D eigenvalue weighted by Gasteiger charge is -2.12. The summed E-state index contributed by atoms with van der Waals surface area (Å²) < 4.78 is 0. The number of nitrogen functional groups attached to an aromatic ring is 1. The Bertz CT molecular complexity index is 378. The van der Waals surface area contributed by atoms with Crippen molar-refractivity contribution in [1.82, 2.24) is 9.97 Å². The van der Waals surface area contributed by atoms with E-state index in [4.69, 9.17) is 10.9 Å². The molecule has 0 radical (unpaired) electrons. The van der Waals surface area contributed by atoms with E-state index in [1.807, 2.05) is 6.92 Å². The van der Waals surface area contributed by atoms with Crippen molar-refractivity contribution in [3.63, 3.8) is 0 Å². The molecule has 1 aromatic rings. The molecule has 0 atom stereocenters. The molecule has 0 aromatic carbocycles. The number of aromatic nitrogens is 2. The van der Waals surface area contributed by atoms with Crippen LogP contribution in [0.3, 0.4) is 0 Å². The number of rotatable bonds is 5. The predicted molar refractivity (Wildman–Crippen MR) is 62.1 cm³/mol. The fourth-order valence-corrected chi connectivity index (χ4v) is 1.55. The van der Waals surface area contributed by atoms with Crippen LogP contribution in [0.4, 0.5) is 11.6 Å². The third-order valence-electron chi connectivity index (χ3n) is 2.65. The van der Waals surface area contributed by atoms with Crippen LogP contribution in [0.25, 0.3) is 0 Å². The molecule has 1 aliphatic rings. The SMILES string of the molecule is Cc1c(NN)nc(C2CC2)nc1NCCO. The van der Waals surface area contributed by atoms with Crippen LogP contribution in [0, 0.1) is 6.92 Å². The van der Waals surface area contributed by atoms with Crippen molar-refractivity contribution in [2.24, 2.45) is 5.84 Å². The van der Waals surface area contributed by atoms with E-state index in [2.05, 4.69) is 20.7 Å². The molecule has 0 amide bonds. The highest BCUT2D eigenvalue weighted by molar-refractivity contribution is 5.57. The maximum atomic E-state index is 8.79. The molecule has 6 nitrogen and oxygen atoms in total. The Balaban J connectivity index is 2.28. The quantitative estimate of drug-likeness (QED) is 0.425. The Morgan fingerprint density at radius 1 is 1.38 bits per heavy atom. The van der Waals surface area contributed by atoms with Crippen molar-refractivity contribution in [1.29, 1.82) is 0 Å². The molecule has 16 heavy (non-hydrogen) atoms. The van der Waals surface area contributed by atoms with E-state index in [-0.39, 0.29) is 6.61 Å². The van der Waals surface area contributed by atoms with Gasteiger partial charge in [0.1, 0.15) is 17.5 Å². The maximum absolute atomic E-state index is 8.79. The highest BCUT2D eigenvalue weighted by Crippen LogP contribution is 2.39. The summed E-state index contributed by atoms with van der Waals surface area (Å²) in [5.41, 5.74) is 3.46. The van der Waals surface area contributed by atoms with Crippen molar-refractivity contribution in [2.45, 2.75) is 25.7 Å². The highest BCUT2D eigenvalue weighted by atomic mass is 16.3. The van der Waals surface area contributed by atoms with Crippen LogP contribution < -0.4 is 16.6 Å². The molecule has 0 saturated heterocycles. The summed E-state index contributed by atoms with van der Waals surface area (Å²) >= 11 is 0. The first-order valence-corrected chi connectivity index (χ1v) is 5.46. The molecular formula is C10H17N5O. The molecule has 1 aromatic heterocycles. The number of nitrogens with zero attached hydrogens (tertiary/aromatic N) is 2. The van der Waals surface area contributed by atoms with E-state index in [1.54, 1.807) is 0 Å². The molecule has 88 valence electrons. The highest BCUT2D eigenvalue weighted by Gasteiger charge is 2.28. The summed E-state index contributed by atoms with van der Waals surface area (Å²) in [5.74, 6) is 8.13. The van der Waals surface area contributed by atoms with Gasteiger partial charge in [-0.25, -0.2) is 15.8 Å². The van der Waals surface area contributed by atoms with Gasteiger partial charge in [-0.05, 0) is 19.8 Å². The van der Waals surface area contributed by atoms with Gasteiger partial charge >= 0.3 is 0 Å². The second-order valence-electron chi connectivity index (χ2n) is 3.97. The smallest absolute Gasteiger partial charge is 0.148 e. The molecule has 1 saturated carbocycles. The number of nitrogens with one attached hydrogen (secondary N) is 2. The Morgan fingerprint density at radius 3 is 2.62 bits per heavy atom. The Labute approximate surface area is 94.3 Å². The number of hydrogen-bond acceptors (Lipinski definition) is 6. The first kappa shape index (κ1) is 11.1. The molecule has 6 heteroatoms. The minimum atomic E-state index is 0.0770. The molecule has 1 fully saturated rings. The van der Waals surface area contributed by atoms with Gasteiger partial charge in [0.15, 0.2) is 0 Å². The van der Waals surface area contributed by atoms with E-state index < -0.39 is 0 Å². The van der Waals surface area contributed by atoms with Gasteiger partial charge in [0.2, 0.25) is 0 Å². The zero-order valence-electron chi connectivity index (χ0n) is 9.32. The van der Waals surface area contributed by atoms with E-state index in [0.29, 0.717) is 18.3 Å². The van der Waals surface area contributed by atoms with Gasteiger partial charge in [0, 0.05) is 18.0 Å². The number of hydrogen-bond donors (Lipinski definition) is 4. The van der Waals surface area contributed by atoms with Gasteiger partial charge in [-0.2, -0.15) is 0 Å². The van der Waals surface area contributed by atoms with Gasteiger partial charge < -0.3 is 15.8 Å². The van der Waals surface area contributed by atoms with Crippen molar-refractivity contribution < 1.29 is 5.11 Å². The monoisotopic (exact) mass is 223 g/mol. The minimum Gasteiger partial charge on any atom is -0.395 e. The molecule has 0 aliphatic heterocycles.